The number of rotatable bonds is 8. The zero-order chi connectivity index (χ0) is 24.5. The molecule has 178 valence electrons. The number of methoxy groups -OCH3 is 3. The third-order valence-electron chi connectivity index (χ3n) is 5.73. The van der Waals surface area contributed by atoms with E-state index in [0.29, 0.717) is 23.4 Å². The average molecular weight is 458 g/mol. The number of fused-ring (bicyclic) bond motifs is 1. The van der Waals surface area contributed by atoms with Crippen LogP contribution in [0.5, 0.6) is 17.2 Å². The molecule has 7 nitrogen and oxygen atoms in total. The van der Waals surface area contributed by atoms with Gasteiger partial charge in [-0.25, -0.2) is 4.39 Å². The lowest BCUT2D eigenvalue weighted by Gasteiger charge is -2.26. The summed E-state index contributed by atoms with van der Waals surface area (Å²) in [6.07, 6.45) is 0. The van der Waals surface area contributed by atoms with Crippen molar-refractivity contribution in [2.24, 2.45) is 0 Å². The molecule has 1 heterocycles. The Balaban J connectivity index is 1.95. The molecule has 0 amide bonds. The average Bonchev–Trinajstić information content (AvgIpc) is 3.07. The van der Waals surface area contributed by atoms with Crippen LogP contribution in [0.15, 0.2) is 18.2 Å². The second-order valence-corrected chi connectivity index (χ2v) is 8.97. The van der Waals surface area contributed by atoms with Gasteiger partial charge >= 0.3 is 0 Å². The largest absolute Gasteiger partial charge is 0.494 e. The zero-order valence-electron chi connectivity index (χ0n) is 20.3. The minimum Gasteiger partial charge on any atom is -0.494 e. The number of halogens is 1. The Kier molecular flexibility index (Phi) is 6.86. The van der Waals surface area contributed by atoms with Gasteiger partial charge < -0.3 is 24.4 Å². The Morgan fingerprint density at radius 3 is 2.33 bits per heavy atom. The number of amidine groups is 1. The number of ether oxygens (including phenoxy) is 3. The van der Waals surface area contributed by atoms with Crippen molar-refractivity contribution in [3.8, 4) is 17.2 Å². The molecule has 2 N–H and O–H groups in total. The van der Waals surface area contributed by atoms with Gasteiger partial charge in [-0.05, 0) is 36.1 Å². The summed E-state index contributed by atoms with van der Waals surface area (Å²) >= 11 is 0. The number of ketones is 1. The number of Topliss-reactive ketones (excluding diaryl/α,β-unsaturated/α-hetero) is 1. The number of nitrogens with one attached hydrogen (secondary N) is 2. The number of anilines is 1. The number of hydrogen-bond donors (Lipinski definition) is 2. The Morgan fingerprint density at radius 1 is 1.12 bits per heavy atom. The standard InChI is InChI=1S/C25H32FN3O4/c1-8-28-17-10-14(9-16(22(17)32-6)25(2,3)4)18(30)13-29-12-15-11-19(31-5)23(33-7)21(26)20(15)24(29)27/h9-11,27-28H,8,12-13H2,1-7H3. The predicted octanol–water partition coefficient (Wildman–Crippen LogP) is 4.60. The number of carbonyl (C=O) groups is 1. The van der Waals surface area contributed by atoms with Crippen LogP contribution in [0.3, 0.4) is 0 Å². The highest BCUT2D eigenvalue weighted by Gasteiger charge is 2.33. The van der Waals surface area contributed by atoms with Crippen LogP contribution >= 0.6 is 0 Å². The van der Waals surface area contributed by atoms with E-state index in [1.165, 1.54) is 14.2 Å². The van der Waals surface area contributed by atoms with E-state index in [4.69, 9.17) is 19.6 Å². The van der Waals surface area contributed by atoms with Crippen molar-refractivity contribution in [1.82, 2.24) is 4.90 Å². The summed E-state index contributed by atoms with van der Waals surface area (Å²) in [7, 11) is 4.40. The fourth-order valence-electron chi connectivity index (χ4n) is 4.11. The third-order valence-corrected chi connectivity index (χ3v) is 5.73. The fourth-order valence-corrected chi connectivity index (χ4v) is 4.11. The molecule has 2 aromatic carbocycles. The first-order valence-electron chi connectivity index (χ1n) is 10.8. The SMILES string of the molecule is CCNc1cc(C(=O)CN2Cc3cc(OC)c(OC)c(F)c3C2=N)cc(C(C)(C)C)c1OC. The summed E-state index contributed by atoms with van der Waals surface area (Å²) < 4.78 is 31.0. The molecular weight excluding hydrogens is 425 g/mol. The lowest BCUT2D eigenvalue weighted by molar-refractivity contribution is 0.0962. The van der Waals surface area contributed by atoms with E-state index in [2.05, 4.69) is 26.1 Å². The maximum absolute atomic E-state index is 15.0. The van der Waals surface area contributed by atoms with Crippen LogP contribution in [-0.4, -0.2) is 50.9 Å². The molecule has 0 aromatic heterocycles. The number of carbonyl (C=O) groups excluding carboxylic acids is 1. The van der Waals surface area contributed by atoms with E-state index >= 15 is 4.39 Å². The molecule has 0 spiro atoms. The number of hydrogen-bond acceptors (Lipinski definition) is 6. The maximum Gasteiger partial charge on any atom is 0.197 e. The highest BCUT2D eigenvalue weighted by Crippen LogP contribution is 2.40. The Morgan fingerprint density at radius 2 is 1.79 bits per heavy atom. The molecule has 0 aliphatic carbocycles. The molecular formula is C25H32FN3O4. The van der Waals surface area contributed by atoms with Gasteiger partial charge in [-0.1, -0.05) is 20.8 Å². The maximum atomic E-state index is 15.0. The lowest BCUT2D eigenvalue weighted by atomic mass is 9.84. The van der Waals surface area contributed by atoms with Gasteiger partial charge in [-0.3, -0.25) is 10.2 Å². The Labute approximate surface area is 194 Å². The molecule has 0 fully saturated rings. The first kappa shape index (κ1) is 24.4. The van der Waals surface area contributed by atoms with Gasteiger partial charge in [0.05, 0.1) is 39.1 Å². The van der Waals surface area contributed by atoms with Gasteiger partial charge in [0.1, 0.15) is 11.6 Å². The zero-order valence-corrected chi connectivity index (χ0v) is 20.3. The van der Waals surface area contributed by atoms with E-state index in [1.807, 2.05) is 13.0 Å². The van der Waals surface area contributed by atoms with Crippen LogP contribution in [-0.2, 0) is 12.0 Å². The first-order chi connectivity index (χ1) is 15.6. The molecule has 0 saturated heterocycles. The van der Waals surface area contributed by atoms with Crippen molar-refractivity contribution in [2.75, 3.05) is 39.7 Å². The van der Waals surface area contributed by atoms with Gasteiger partial charge in [0.25, 0.3) is 0 Å². The van der Waals surface area contributed by atoms with E-state index in [0.717, 1.165) is 11.3 Å². The fraction of sp³-hybridized carbons (Fsp3) is 0.440. The van der Waals surface area contributed by atoms with E-state index in [-0.39, 0.29) is 47.2 Å². The molecule has 0 unspecified atom stereocenters. The highest BCUT2D eigenvalue weighted by atomic mass is 19.1. The summed E-state index contributed by atoms with van der Waals surface area (Å²) in [4.78, 5) is 14.9. The van der Waals surface area contributed by atoms with Crippen LogP contribution in [0, 0.1) is 11.2 Å². The summed E-state index contributed by atoms with van der Waals surface area (Å²) in [6, 6.07) is 5.28. The smallest absolute Gasteiger partial charge is 0.197 e. The summed E-state index contributed by atoms with van der Waals surface area (Å²) in [5, 5.41) is 11.8. The molecule has 8 heteroatoms. The van der Waals surface area contributed by atoms with E-state index < -0.39 is 5.82 Å². The number of benzene rings is 2. The molecule has 3 rings (SSSR count). The monoisotopic (exact) mass is 457 g/mol. The van der Waals surface area contributed by atoms with Crippen molar-refractivity contribution < 1.29 is 23.4 Å². The predicted molar refractivity (Wildman–Crippen MR) is 127 cm³/mol. The van der Waals surface area contributed by atoms with Crippen molar-refractivity contribution in [1.29, 1.82) is 5.41 Å². The van der Waals surface area contributed by atoms with Gasteiger partial charge in [0, 0.05) is 24.2 Å². The van der Waals surface area contributed by atoms with Crippen molar-refractivity contribution in [3.05, 3.63) is 46.3 Å². The minimum atomic E-state index is -0.652. The Hall–Kier alpha value is -3.29. The summed E-state index contributed by atoms with van der Waals surface area (Å²) in [5.41, 5.74) is 2.64. The van der Waals surface area contributed by atoms with Crippen LogP contribution < -0.4 is 19.5 Å². The van der Waals surface area contributed by atoms with Crippen molar-refractivity contribution in [2.45, 2.75) is 39.7 Å². The highest BCUT2D eigenvalue weighted by molar-refractivity contribution is 6.06. The van der Waals surface area contributed by atoms with Crippen LogP contribution in [0.1, 0.15) is 54.7 Å². The first-order valence-corrected chi connectivity index (χ1v) is 10.8. The topological polar surface area (TPSA) is 83.9 Å². The van der Waals surface area contributed by atoms with Crippen LogP contribution in [0.25, 0.3) is 0 Å². The van der Waals surface area contributed by atoms with Crippen molar-refractivity contribution in [3.63, 3.8) is 0 Å². The molecule has 0 radical (unpaired) electrons. The lowest BCUT2D eigenvalue weighted by Crippen LogP contribution is -2.30. The minimum absolute atomic E-state index is 0.0468. The van der Waals surface area contributed by atoms with Gasteiger partial charge in [0.15, 0.2) is 23.1 Å². The quantitative estimate of drug-likeness (QED) is 0.564. The van der Waals surface area contributed by atoms with Crippen LogP contribution in [0.2, 0.25) is 0 Å². The molecule has 2 aromatic rings. The molecule has 1 aliphatic heterocycles. The normalized spacial score (nSPS) is 13.1. The van der Waals surface area contributed by atoms with E-state index in [9.17, 15) is 4.79 Å². The summed E-state index contributed by atoms with van der Waals surface area (Å²) in [5.74, 6) is 0.0565. The van der Waals surface area contributed by atoms with Crippen LogP contribution in [0.4, 0.5) is 10.1 Å². The van der Waals surface area contributed by atoms with Gasteiger partial charge in [-0.15, -0.1) is 0 Å². The number of nitrogens with zero attached hydrogens (tertiary/aromatic N) is 1. The second-order valence-electron chi connectivity index (χ2n) is 8.97. The van der Waals surface area contributed by atoms with Gasteiger partial charge in [0.2, 0.25) is 0 Å². The Bertz CT molecular complexity index is 1090. The summed E-state index contributed by atoms with van der Waals surface area (Å²) in [6.45, 7) is 9.01. The molecule has 0 bridgehead atoms. The molecule has 0 atom stereocenters. The molecule has 1 aliphatic rings. The third kappa shape index (κ3) is 4.47. The molecule has 33 heavy (non-hydrogen) atoms. The molecule has 0 saturated carbocycles. The van der Waals surface area contributed by atoms with Gasteiger partial charge in [-0.2, -0.15) is 0 Å². The van der Waals surface area contributed by atoms with E-state index in [1.54, 1.807) is 24.1 Å². The van der Waals surface area contributed by atoms with Crippen molar-refractivity contribution >= 4 is 17.3 Å². The second kappa shape index (κ2) is 9.29.